The fourth-order valence-corrected chi connectivity index (χ4v) is 12.8. The van der Waals surface area contributed by atoms with Gasteiger partial charge in [-0.05, 0) is 206 Å². The molecule has 4 aliphatic rings. The molecule has 0 radical (unpaired) electrons. The molecule has 532 valence electrons. The molecule has 4 saturated carbocycles. The molecule has 2 amide bonds. The molecule has 9 N–H and O–H groups in total. The van der Waals surface area contributed by atoms with Crippen LogP contribution in [-0.2, 0) is 57.5 Å². The number of benzene rings is 3. The Morgan fingerprint density at radius 3 is 1.09 bits per heavy atom. The Bertz CT molecular complexity index is 2520. The first-order valence-corrected chi connectivity index (χ1v) is 35.1. The summed E-state index contributed by atoms with van der Waals surface area (Å²) in [4.78, 5) is 82.3. The predicted octanol–water partition coefficient (Wildman–Crippen LogP) is 10.9. The van der Waals surface area contributed by atoms with E-state index >= 15 is 0 Å². The Balaban J connectivity index is 0.00000115. The SMILES string of the molecule is CC(C)C1CCC(C(=O)N[C@@H](CO)Cc2ccccc2)CC1.CC(C)C1CCC(C(=O)N[C@H](Cc2ccccc2)C(=O)O)CC1.CC(C)C1CCC(C(=O)O)CC1.CCN(CC)CC.CCOC(=O)OC(=O)C1CCC(C(C)C)CC1.N[C@H](Cc1ccccc1)C(=O)O.[Na+].[OH-]. The summed E-state index contributed by atoms with van der Waals surface area (Å²) in [5.41, 5.74) is 8.36. The fourth-order valence-electron chi connectivity index (χ4n) is 12.8. The number of nitrogens with zero attached hydrogens (tertiary/aromatic N) is 1. The van der Waals surface area contributed by atoms with Crippen molar-refractivity contribution in [2.75, 3.05) is 32.8 Å². The van der Waals surface area contributed by atoms with Crippen LogP contribution in [0, 0.1) is 71.0 Å². The van der Waals surface area contributed by atoms with Crippen LogP contribution in [0.1, 0.15) is 203 Å². The van der Waals surface area contributed by atoms with Crippen molar-refractivity contribution >= 4 is 41.8 Å². The van der Waals surface area contributed by atoms with Crippen molar-refractivity contribution in [1.29, 1.82) is 0 Å². The number of aliphatic hydroxyl groups is 1. The molecule has 7 rings (SSSR count). The maximum atomic E-state index is 12.4. The van der Waals surface area contributed by atoms with E-state index in [1.54, 1.807) is 6.92 Å². The second-order valence-corrected chi connectivity index (χ2v) is 27.3. The number of carbonyl (C=O) groups is 7. The van der Waals surface area contributed by atoms with E-state index in [1.165, 1.54) is 19.6 Å². The Morgan fingerprint density at radius 1 is 0.474 bits per heavy atom. The normalized spacial score (nSPS) is 21.4. The molecule has 3 atom stereocenters. The van der Waals surface area contributed by atoms with E-state index < -0.39 is 42.1 Å². The minimum Gasteiger partial charge on any atom is -0.870 e. The van der Waals surface area contributed by atoms with Gasteiger partial charge < -0.3 is 56.6 Å². The van der Waals surface area contributed by atoms with Crippen LogP contribution in [0.3, 0.4) is 0 Å². The van der Waals surface area contributed by atoms with Crippen LogP contribution in [0.5, 0.6) is 0 Å². The first-order chi connectivity index (χ1) is 44.3. The fraction of sp³-hybridized carbons (Fsp3) is 0.671. The Hall–Kier alpha value is -5.21. The summed E-state index contributed by atoms with van der Waals surface area (Å²) >= 11 is 0. The van der Waals surface area contributed by atoms with Crippen molar-refractivity contribution in [2.24, 2.45) is 76.7 Å². The second kappa shape index (κ2) is 51.0. The van der Waals surface area contributed by atoms with Crippen LogP contribution < -0.4 is 45.9 Å². The number of aliphatic carboxylic acids is 3. The van der Waals surface area contributed by atoms with Gasteiger partial charge in [-0.3, -0.25) is 24.0 Å². The van der Waals surface area contributed by atoms with Gasteiger partial charge in [0.05, 0.1) is 31.1 Å². The van der Waals surface area contributed by atoms with E-state index in [4.69, 9.17) is 15.9 Å². The van der Waals surface area contributed by atoms with Crippen LogP contribution in [0.2, 0.25) is 0 Å². The first kappa shape index (κ1) is 89.8. The smallest absolute Gasteiger partial charge is 0.870 e. The number of ether oxygens (including phenoxy) is 2. The number of aliphatic hydroxyl groups excluding tert-OH is 1. The first-order valence-electron chi connectivity index (χ1n) is 35.1. The topological polar surface area (TPSA) is 302 Å². The van der Waals surface area contributed by atoms with Crippen molar-refractivity contribution in [3.8, 4) is 0 Å². The average molecular weight is 1340 g/mol. The van der Waals surface area contributed by atoms with E-state index in [-0.39, 0.29) is 89.8 Å². The largest absolute Gasteiger partial charge is 1.00 e. The third-order valence-corrected chi connectivity index (χ3v) is 19.5. The number of hydrogen-bond donors (Lipinski definition) is 7. The number of carboxylic acid groups (broad SMARTS) is 3. The van der Waals surface area contributed by atoms with Crippen molar-refractivity contribution in [3.05, 3.63) is 108 Å². The molecule has 18 nitrogen and oxygen atoms in total. The quantitative estimate of drug-likeness (QED) is 0.0264. The molecule has 4 aliphatic carbocycles. The summed E-state index contributed by atoms with van der Waals surface area (Å²) in [7, 11) is 0. The van der Waals surface area contributed by atoms with Gasteiger partial charge in [-0.2, -0.15) is 0 Å². The minimum atomic E-state index is -0.974. The van der Waals surface area contributed by atoms with E-state index in [2.05, 4.69) is 101 Å². The number of carbonyl (C=O) groups excluding carboxylic acids is 4. The molecule has 0 bridgehead atoms. The Labute approximate surface area is 592 Å². The number of amides is 2. The molecule has 3 aromatic carbocycles. The summed E-state index contributed by atoms with van der Waals surface area (Å²) in [5, 5.41) is 42.0. The van der Waals surface area contributed by atoms with Gasteiger partial charge in [0.25, 0.3) is 0 Å². The van der Waals surface area contributed by atoms with Crippen molar-refractivity contribution in [2.45, 2.75) is 223 Å². The van der Waals surface area contributed by atoms with Crippen LogP contribution >= 0.6 is 0 Å². The summed E-state index contributed by atoms with van der Waals surface area (Å²) < 4.78 is 9.21. The van der Waals surface area contributed by atoms with E-state index in [9.17, 15) is 43.8 Å². The van der Waals surface area contributed by atoms with E-state index in [0.29, 0.717) is 48.9 Å². The summed E-state index contributed by atoms with van der Waals surface area (Å²) in [6.07, 6.45) is 16.4. The molecule has 0 saturated heterocycles. The molecule has 0 aromatic heterocycles. The number of carboxylic acids is 3. The van der Waals surface area contributed by atoms with Crippen LogP contribution in [0.25, 0.3) is 0 Å². The number of nitrogens with two attached hydrogens (primary N) is 1. The molecule has 0 heterocycles. The summed E-state index contributed by atoms with van der Waals surface area (Å²) in [5.74, 6) is 2.64. The summed E-state index contributed by atoms with van der Waals surface area (Å²) in [6, 6.07) is 26.9. The maximum Gasteiger partial charge on any atom is 1.00 e. The van der Waals surface area contributed by atoms with Gasteiger partial charge in [-0.25, -0.2) is 9.59 Å². The van der Waals surface area contributed by atoms with Gasteiger partial charge in [0.2, 0.25) is 11.8 Å². The molecular formula is C76H123N4NaO14. The van der Waals surface area contributed by atoms with Gasteiger partial charge in [-0.15, -0.1) is 0 Å². The third kappa shape index (κ3) is 37.4. The molecule has 3 aromatic rings. The molecule has 0 unspecified atom stereocenters. The van der Waals surface area contributed by atoms with E-state index in [0.717, 1.165) is 137 Å². The molecule has 95 heavy (non-hydrogen) atoms. The summed E-state index contributed by atoms with van der Waals surface area (Å²) in [6.45, 7) is 29.9. The van der Waals surface area contributed by atoms with Gasteiger partial charge in [0, 0.05) is 18.3 Å². The standard InChI is InChI=1S/C19H27NO3.C19H29NO2.C13H22O4.C10H18O2.C9H11NO2.C6H15N.Na.H2O/c1-13(2)15-8-10-16(11-9-15)18(21)20-17(19(22)23)12-14-6-4-3-5-7-14;1-14(2)16-8-10-17(11-9-16)19(22)20-18(13-21)12-15-6-4-3-5-7-15;1-4-16-13(15)17-12(14)11-7-5-10(6-8-11)9(2)3;1-7(2)8-3-5-9(6-4-8)10(11)12;10-8(9(11)12)6-7-4-2-1-3-5-7;1-4-7(5-2)6-3;;/h3-7,13,15-17H,8-12H2,1-2H3,(H,20,21)(H,22,23);3-7,14,16-18,21H,8-13H2,1-2H3,(H,20,22);9-11H,4-8H2,1-3H3;7-9H,3-6H2,1-2H3,(H,11,12);1-5,8H,6,10H2,(H,11,12);4-6H2,1-3H3;;1H2/q;;;;;;+1;/p-1/t15?,16?,17-;16?,17?,18-;;;8-;;;/m11..1.../s1. The number of rotatable bonds is 23. The molecular weight excluding hydrogens is 1220 g/mol. The van der Waals surface area contributed by atoms with E-state index in [1.807, 2.05) is 91.0 Å². The number of nitrogens with one attached hydrogen (secondary N) is 2. The van der Waals surface area contributed by atoms with Crippen molar-refractivity contribution in [3.63, 3.8) is 0 Å². The second-order valence-electron chi connectivity index (χ2n) is 27.3. The zero-order valence-corrected chi connectivity index (χ0v) is 62.2. The van der Waals surface area contributed by atoms with Gasteiger partial charge in [-0.1, -0.05) is 167 Å². The molecule has 0 aliphatic heterocycles. The Morgan fingerprint density at radius 2 is 0.800 bits per heavy atom. The monoisotopic (exact) mass is 1340 g/mol. The third-order valence-electron chi connectivity index (χ3n) is 19.5. The zero-order chi connectivity index (χ0) is 69.4. The Kier molecular flexibility index (Phi) is 48.2. The van der Waals surface area contributed by atoms with Crippen LogP contribution in [-0.4, -0.2) is 124 Å². The maximum absolute atomic E-state index is 12.4. The number of esters is 1. The molecule has 4 fully saturated rings. The van der Waals surface area contributed by atoms with Gasteiger partial charge >= 0.3 is 59.6 Å². The average Bonchev–Trinajstić information content (AvgIpc) is 1.02. The number of hydrogen-bond acceptors (Lipinski definition) is 13. The van der Waals surface area contributed by atoms with Gasteiger partial charge in [0.1, 0.15) is 12.1 Å². The van der Waals surface area contributed by atoms with Crippen LogP contribution in [0.4, 0.5) is 4.79 Å². The van der Waals surface area contributed by atoms with Crippen LogP contribution in [0.15, 0.2) is 91.0 Å². The minimum absolute atomic E-state index is 0. The predicted molar refractivity (Wildman–Crippen MR) is 372 cm³/mol. The van der Waals surface area contributed by atoms with Gasteiger partial charge in [0.15, 0.2) is 0 Å². The molecule has 19 heteroatoms. The van der Waals surface area contributed by atoms with Crippen molar-refractivity contribution < 1.29 is 98.5 Å². The van der Waals surface area contributed by atoms with Crippen molar-refractivity contribution in [1.82, 2.24) is 15.5 Å². The zero-order valence-electron chi connectivity index (χ0n) is 60.2. The molecule has 0 spiro atoms.